The summed E-state index contributed by atoms with van der Waals surface area (Å²) < 4.78 is 5.45. The van der Waals surface area contributed by atoms with Gasteiger partial charge in [-0.2, -0.15) is 0 Å². The first kappa shape index (κ1) is 14.4. The highest BCUT2D eigenvalue weighted by Crippen LogP contribution is 2.06. The van der Waals surface area contributed by atoms with Crippen molar-refractivity contribution in [2.24, 2.45) is 0 Å². The first-order chi connectivity index (χ1) is 6.95. The number of hydrogen-bond acceptors (Lipinski definition) is 3. The van der Waals surface area contributed by atoms with Gasteiger partial charge in [0.05, 0.1) is 18.3 Å². The minimum atomic E-state index is -0.449. The Morgan fingerprint density at radius 2 is 2.13 bits per heavy atom. The summed E-state index contributed by atoms with van der Waals surface area (Å²) in [6.07, 6.45) is 6.40. The van der Waals surface area contributed by atoms with Gasteiger partial charge >= 0.3 is 0 Å². The summed E-state index contributed by atoms with van der Waals surface area (Å²) in [6.45, 7) is 7.68. The van der Waals surface area contributed by atoms with Crippen molar-refractivity contribution < 1.29 is 9.84 Å². The van der Waals surface area contributed by atoms with Crippen LogP contribution in [0.3, 0.4) is 0 Å². The maximum Gasteiger partial charge on any atom is 0.0897 e. The number of ether oxygens (including phenoxy) is 1. The van der Waals surface area contributed by atoms with Crippen LogP contribution < -0.4 is 5.32 Å². The van der Waals surface area contributed by atoms with E-state index in [-0.39, 0.29) is 5.60 Å². The third-order valence-corrected chi connectivity index (χ3v) is 1.76. The standard InChI is InChI=1S/C12H23NO2/c1-5-6-7-8-13-9-11(14)10-15-12(2,3)4/h1,11,13-14H,6-10H2,2-4H3. The molecule has 0 saturated heterocycles. The van der Waals surface area contributed by atoms with E-state index in [1.807, 2.05) is 20.8 Å². The molecule has 2 N–H and O–H groups in total. The largest absolute Gasteiger partial charge is 0.389 e. The predicted octanol–water partition coefficient (Wildman–Crippen LogP) is 1.17. The van der Waals surface area contributed by atoms with Gasteiger partial charge in [0.15, 0.2) is 0 Å². The Morgan fingerprint density at radius 1 is 1.47 bits per heavy atom. The average molecular weight is 213 g/mol. The zero-order valence-electron chi connectivity index (χ0n) is 10.0. The average Bonchev–Trinajstić information content (AvgIpc) is 2.13. The lowest BCUT2D eigenvalue weighted by Gasteiger charge is -2.22. The molecule has 0 rings (SSSR count). The number of rotatable bonds is 7. The van der Waals surface area contributed by atoms with Crippen molar-refractivity contribution in [3.63, 3.8) is 0 Å². The van der Waals surface area contributed by atoms with Crippen molar-refractivity contribution in [3.8, 4) is 12.3 Å². The third kappa shape index (κ3) is 11.4. The van der Waals surface area contributed by atoms with Crippen molar-refractivity contribution in [2.45, 2.75) is 45.3 Å². The molecule has 1 atom stereocenters. The van der Waals surface area contributed by atoms with E-state index >= 15 is 0 Å². The number of hydrogen-bond donors (Lipinski definition) is 2. The molecule has 15 heavy (non-hydrogen) atoms. The maximum absolute atomic E-state index is 9.54. The quantitative estimate of drug-likeness (QED) is 0.492. The van der Waals surface area contributed by atoms with E-state index < -0.39 is 6.10 Å². The second kappa shape index (κ2) is 7.70. The van der Waals surface area contributed by atoms with E-state index in [4.69, 9.17) is 11.2 Å². The Balaban J connectivity index is 3.34. The Morgan fingerprint density at radius 3 is 2.67 bits per heavy atom. The van der Waals surface area contributed by atoms with Crippen molar-refractivity contribution in [1.82, 2.24) is 5.32 Å². The first-order valence-electron chi connectivity index (χ1n) is 5.42. The molecule has 0 radical (unpaired) electrons. The molecule has 0 aromatic rings. The number of unbranched alkanes of at least 4 members (excludes halogenated alkanes) is 1. The van der Waals surface area contributed by atoms with Crippen LogP contribution >= 0.6 is 0 Å². The van der Waals surface area contributed by atoms with E-state index in [2.05, 4.69) is 11.2 Å². The third-order valence-electron chi connectivity index (χ3n) is 1.76. The fraction of sp³-hybridized carbons (Fsp3) is 0.833. The zero-order valence-corrected chi connectivity index (χ0v) is 10.0. The van der Waals surface area contributed by atoms with E-state index in [1.165, 1.54) is 0 Å². The Hall–Kier alpha value is -0.560. The van der Waals surface area contributed by atoms with Crippen LogP contribution in [0.4, 0.5) is 0 Å². The SMILES string of the molecule is C#CCCCNCC(O)COC(C)(C)C. The van der Waals surface area contributed by atoms with Gasteiger partial charge in [0.2, 0.25) is 0 Å². The molecule has 0 fully saturated rings. The summed E-state index contributed by atoms with van der Waals surface area (Å²) in [7, 11) is 0. The number of aliphatic hydroxyl groups excluding tert-OH is 1. The molecular weight excluding hydrogens is 190 g/mol. The van der Waals surface area contributed by atoms with Crippen molar-refractivity contribution in [3.05, 3.63) is 0 Å². The van der Waals surface area contributed by atoms with Gasteiger partial charge in [0, 0.05) is 13.0 Å². The normalized spacial score (nSPS) is 13.5. The first-order valence-corrected chi connectivity index (χ1v) is 5.42. The van der Waals surface area contributed by atoms with Gasteiger partial charge in [-0.15, -0.1) is 12.3 Å². The summed E-state index contributed by atoms with van der Waals surface area (Å²) in [5.41, 5.74) is -0.190. The van der Waals surface area contributed by atoms with Crippen LogP contribution in [-0.2, 0) is 4.74 Å². The molecular formula is C12H23NO2. The summed E-state index contributed by atoms with van der Waals surface area (Å²) in [6, 6.07) is 0. The maximum atomic E-state index is 9.54. The monoisotopic (exact) mass is 213 g/mol. The summed E-state index contributed by atoms with van der Waals surface area (Å²) in [5.74, 6) is 2.57. The van der Waals surface area contributed by atoms with Gasteiger partial charge in [-0.05, 0) is 33.7 Å². The summed E-state index contributed by atoms with van der Waals surface area (Å²) >= 11 is 0. The van der Waals surface area contributed by atoms with Gasteiger partial charge in [0.25, 0.3) is 0 Å². The van der Waals surface area contributed by atoms with Crippen LogP contribution in [0.5, 0.6) is 0 Å². The second-order valence-corrected chi connectivity index (χ2v) is 4.59. The Kier molecular flexibility index (Phi) is 7.41. The molecule has 0 aromatic carbocycles. The lowest BCUT2D eigenvalue weighted by atomic mass is 10.2. The van der Waals surface area contributed by atoms with E-state index in [0.29, 0.717) is 13.2 Å². The number of terminal acetylenes is 1. The van der Waals surface area contributed by atoms with Crippen LogP contribution in [0.2, 0.25) is 0 Å². The highest BCUT2D eigenvalue weighted by Gasteiger charge is 2.12. The molecule has 0 bridgehead atoms. The van der Waals surface area contributed by atoms with Gasteiger partial charge < -0.3 is 15.2 Å². The summed E-state index contributed by atoms with van der Waals surface area (Å²) in [4.78, 5) is 0. The van der Waals surface area contributed by atoms with Gasteiger partial charge in [-0.1, -0.05) is 0 Å². The molecule has 88 valence electrons. The Labute approximate surface area is 93.2 Å². The molecule has 0 spiro atoms. The molecule has 1 unspecified atom stereocenters. The van der Waals surface area contributed by atoms with Crippen LogP contribution in [0, 0.1) is 12.3 Å². The molecule has 0 aliphatic heterocycles. The molecule has 3 heteroatoms. The molecule has 0 heterocycles. The van der Waals surface area contributed by atoms with E-state index in [1.54, 1.807) is 0 Å². The van der Waals surface area contributed by atoms with Crippen molar-refractivity contribution in [1.29, 1.82) is 0 Å². The minimum absolute atomic E-state index is 0.190. The lowest BCUT2D eigenvalue weighted by molar-refractivity contribution is -0.0478. The zero-order chi connectivity index (χ0) is 11.7. The van der Waals surface area contributed by atoms with Crippen LogP contribution in [0.1, 0.15) is 33.6 Å². The van der Waals surface area contributed by atoms with Crippen LogP contribution in [0.15, 0.2) is 0 Å². The molecule has 0 amide bonds. The van der Waals surface area contributed by atoms with Crippen molar-refractivity contribution >= 4 is 0 Å². The molecule has 0 aromatic heterocycles. The fourth-order valence-corrected chi connectivity index (χ4v) is 0.989. The lowest BCUT2D eigenvalue weighted by Crippen LogP contribution is -2.34. The molecule has 3 nitrogen and oxygen atoms in total. The predicted molar refractivity (Wildman–Crippen MR) is 62.6 cm³/mol. The number of aliphatic hydroxyl groups is 1. The molecule has 0 saturated carbocycles. The highest BCUT2D eigenvalue weighted by atomic mass is 16.5. The fourth-order valence-electron chi connectivity index (χ4n) is 0.989. The Bertz CT molecular complexity index is 191. The van der Waals surface area contributed by atoms with Gasteiger partial charge in [-0.25, -0.2) is 0 Å². The number of nitrogens with one attached hydrogen (secondary N) is 1. The second-order valence-electron chi connectivity index (χ2n) is 4.59. The molecule has 0 aliphatic rings. The van der Waals surface area contributed by atoms with E-state index in [9.17, 15) is 5.11 Å². The van der Waals surface area contributed by atoms with E-state index in [0.717, 1.165) is 19.4 Å². The smallest absolute Gasteiger partial charge is 0.0897 e. The van der Waals surface area contributed by atoms with Crippen LogP contribution in [-0.4, -0.2) is 36.5 Å². The van der Waals surface area contributed by atoms with Crippen molar-refractivity contribution in [2.75, 3.05) is 19.7 Å². The van der Waals surface area contributed by atoms with Gasteiger partial charge in [-0.3, -0.25) is 0 Å². The molecule has 0 aliphatic carbocycles. The highest BCUT2D eigenvalue weighted by molar-refractivity contribution is 4.83. The minimum Gasteiger partial charge on any atom is -0.389 e. The van der Waals surface area contributed by atoms with Crippen LogP contribution in [0.25, 0.3) is 0 Å². The summed E-state index contributed by atoms with van der Waals surface area (Å²) in [5, 5.41) is 12.7. The van der Waals surface area contributed by atoms with Gasteiger partial charge in [0.1, 0.15) is 0 Å². The topological polar surface area (TPSA) is 41.5 Å².